The fourth-order valence-electron chi connectivity index (χ4n) is 3.00. The molecule has 26 heavy (non-hydrogen) atoms. The summed E-state index contributed by atoms with van der Waals surface area (Å²) >= 11 is 3.34. The lowest BCUT2D eigenvalue weighted by molar-refractivity contribution is 0.181. The van der Waals surface area contributed by atoms with Gasteiger partial charge in [-0.15, -0.1) is 0 Å². The van der Waals surface area contributed by atoms with E-state index in [4.69, 9.17) is 4.74 Å². The smallest absolute Gasteiger partial charge is 0.243 e. The molecule has 1 aliphatic heterocycles. The molecule has 5 nitrogen and oxygen atoms in total. The molecule has 7 heteroatoms. The van der Waals surface area contributed by atoms with Crippen LogP contribution in [0.5, 0.6) is 5.75 Å². The highest BCUT2D eigenvalue weighted by molar-refractivity contribution is 9.10. The van der Waals surface area contributed by atoms with Crippen LogP contribution in [0.25, 0.3) is 0 Å². The SMILES string of the molecule is CCOc1ccc(CN2CCN(S(=O)(=O)c3ccc(Br)cc3)CC2)cc1. The molecule has 0 bridgehead atoms. The predicted molar refractivity (Wildman–Crippen MR) is 106 cm³/mol. The molecule has 2 aromatic rings. The number of hydrogen-bond acceptors (Lipinski definition) is 4. The fourth-order valence-corrected chi connectivity index (χ4v) is 4.69. The maximum absolute atomic E-state index is 12.7. The number of halogens is 1. The van der Waals surface area contributed by atoms with E-state index in [9.17, 15) is 8.42 Å². The van der Waals surface area contributed by atoms with Crippen molar-refractivity contribution >= 4 is 26.0 Å². The lowest BCUT2D eigenvalue weighted by Gasteiger charge is -2.34. The third-order valence-corrected chi connectivity index (χ3v) is 6.86. The minimum atomic E-state index is -3.42. The second-order valence-corrected chi connectivity index (χ2v) is 9.06. The van der Waals surface area contributed by atoms with Gasteiger partial charge in [-0.25, -0.2) is 8.42 Å². The van der Waals surface area contributed by atoms with Crippen LogP contribution in [0.3, 0.4) is 0 Å². The highest BCUT2D eigenvalue weighted by atomic mass is 79.9. The molecule has 0 aliphatic carbocycles. The number of nitrogens with zero attached hydrogens (tertiary/aromatic N) is 2. The van der Waals surface area contributed by atoms with E-state index in [1.807, 2.05) is 19.1 Å². The first-order valence-electron chi connectivity index (χ1n) is 8.69. The summed E-state index contributed by atoms with van der Waals surface area (Å²) in [5.41, 5.74) is 1.21. The molecule has 0 radical (unpaired) electrons. The Morgan fingerprint density at radius 3 is 2.15 bits per heavy atom. The summed E-state index contributed by atoms with van der Waals surface area (Å²) in [6.07, 6.45) is 0. The van der Waals surface area contributed by atoms with Gasteiger partial charge >= 0.3 is 0 Å². The van der Waals surface area contributed by atoms with E-state index < -0.39 is 10.0 Å². The first-order valence-corrected chi connectivity index (χ1v) is 10.9. The zero-order valence-electron chi connectivity index (χ0n) is 14.8. The molecule has 0 aromatic heterocycles. The van der Waals surface area contributed by atoms with Gasteiger partial charge in [0.25, 0.3) is 0 Å². The second kappa shape index (κ2) is 8.52. The lowest BCUT2D eigenvalue weighted by atomic mass is 10.2. The molecule has 0 atom stereocenters. The molecule has 1 aliphatic rings. The van der Waals surface area contributed by atoms with Crippen LogP contribution < -0.4 is 4.74 Å². The summed E-state index contributed by atoms with van der Waals surface area (Å²) in [6.45, 7) is 5.92. The Morgan fingerprint density at radius 1 is 0.962 bits per heavy atom. The molecule has 0 amide bonds. The van der Waals surface area contributed by atoms with E-state index in [0.29, 0.717) is 24.6 Å². The minimum absolute atomic E-state index is 0.348. The van der Waals surface area contributed by atoms with Crippen LogP contribution in [-0.2, 0) is 16.6 Å². The maximum atomic E-state index is 12.7. The Hall–Kier alpha value is -1.41. The van der Waals surface area contributed by atoms with Crippen molar-refractivity contribution in [3.05, 3.63) is 58.6 Å². The van der Waals surface area contributed by atoms with Crippen LogP contribution in [0, 0.1) is 0 Å². The van der Waals surface area contributed by atoms with E-state index in [2.05, 4.69) is 33.0 Å². The summed E-state index contributed by atoms with van der Waals surface area (Å²) in [6, 6.07) is 14.9. The molecule has 0 spiro atoms. The molecule has 0 saturated carbocycles. The highest BCUT2D eigenvalue weighted by Gasteiger charge is 2.28. The van der Waals surface area contributed by atoms with E-state index in [0.717, 1.165) is 29.9 Å². The number of ether oxygens (including phenoxy) is 1. The zero-order valence-corrected chi connectivity index (χ0v) is 17.2. The third-order valence-electron chi connectivity index (χ3n) is 4.42. The van der Waals surface area contributed by atoms with Crippen molar-refractivity contribution in [1.29, 1.82) is 0 Å². The van der Waals surface area contributed by atoms with Crippen molar-refractivity contribution < 1.29 is 13.2 Å². The molecule has 1 heterocycles. The maximum Gasteiger partial charge on any atom is 0.243 e. The van der Waals surface area contributed by atoms with Crippen molar-refractivity contribution in [1.82, 2.24) is 9.21 Å². The van der Waals surface area contributed by atoms with E-state index >= 15 is 0 Å². The zero-order chi connectivity index (χ0) is 18.6. The number of benzene rings is 2. The molecule has 0 unspecified atom stereocenters. The van der Waals surface area contributed by atoms with Crippen LogP contribution in [-0.4, -0.2) is 50.4 Å². The molecule has 140 valence electrons. The Balaban J connectivity index is 1.57. The average molecular weight is 439 g/mol. The lowest BCUT2D eigenvalue weighted by Crippen LogP contribution is -2.48. The largest absolute Gasteiger partial charge is 0.494 e. The summed E-state index contributed by atoms with van der Waals surface area (Å²) < 4.78 is 33.4. The van der Waals surface area contributed by atoms with Crippen molar-refractivity contribution in [3.8, 4) is 5.75 Å². The molecule has 3 rings (SSSR count). The van der Waals surface area contributed by atoms with Gasteiger partial charge < -0.3 is 4.74 Å². The Labute approximate surface area is 163 Å². The highest BCUT2D eigenvalue weighted by Crippen LogP contribution is 2.21. The van der Waals surface area contributed by atoms with Gasteiger partial charge in [0.1, 0.15) is 5.75 Å². The topological polar surface area (TPSA) is 49.9 Å². The molecule has 0 N–H and O–H groups in total. The summed E-state index contributed by atoms with van der Waals surface area (Å²) in [4.78, 5) is 2.63. The summed E-state index contributed by atoms with van der Waals surface area (Å²) in [5, 5.41) is 0. The molecular weight excluding hydrogens is 416 g/mol. The van der Waals surface area contributed by atoms with Gasteiger partial charge in [0.05, 0.1) is 11.5 Å². The average Bonchev–Trinajstić information content (AvgIpc) is 2.64. The van der Waals surface area contributed by atoms with Gasteiger partial charge in [0.2, 0.25) is 10.0 Å². The molecule has 2 aromatic carbocycles. The van der Waals surface area contributed by atoms with Crippen LogP contribution >= 0.6 is 15.9 Å². The normalized spacial score (nSPS) is 16.5. The quantitative estimate of drug-likeness (QED) is 0.693. The van der Waals surface area contributed by atoms with Gasteiger partial charge in [-0.1, -0.05) is 28.1 Å². The van der Waals surface area contributed by atoms with E-state index in [1.165, 1.54) is 5.56 Å². The molecular formula is C19H23BrN2O3S. The van der Waals surface area contributed by atoms with Gasteiger partial charge in [0.15, 0.2) is 0 Å². The molecule has 1 saturated heterocycles. The van der Waals surface area contributed by atoms with Crippen LogP contribution in [0.15, 0.2) is 57.9 Å². The van der Waals surface area contributed by atoms with Gasteiger partial charge in [-0.3, -0.25) is 4.90 Å². The monoisotopic (exact) mass is 438 g/mol. The Bertz CT molecular complexity index is 815. The standard InChI is InChI=1S/C19H23BrN2O3S/c1-2-25-18-7-3-16(4-8-18)15-21-11-13-22(14-12-21)26(23,24)19-9-5-17(20)6-10-19/h3-10H,2,11-15H2,1H3. The molecule has 1 fully saturated rings. The first-order chi connectivity index (χ1) is 12.5. The van der Waals surface area contributed by atoms with E-state index in [-0.39, 0.29) is 0 Å². The van der Waals surface area contributed by atoms with Gasteiger partial charge in [-0.05, 0) is 48.9 Å². The summed E-state index contributed by atoms with van der Waals surface area (Å²) in [5.74, 6) is 0.877. The van der Waals surface area contributed by atoms with Crippen LogP contribution in [0.4, 0.5) is 0 Å². The second-order valence-electron chi connectivity index (χ2n) is 6.21. The van der Waals surface area contributed by atoms with Gasteiger partial charge in [-0.2, -0.15) is 4.31 Å². The predicted octanol–water partition coefficient (Wildman–Crippen LogP) is 3.35. The number of rotatable bonds is 6. The van der Waals surface area contributed by atoms with Crippen LogP contribution in [0.2, 0.25) is 0 Å². The van der Waals surface area contributed by atoms with Crippen molar-refractivity contribution in [2.45, 2.75) is 18.4 Å². The fraction of sp³-hybridized carbons (Fsp3) is 0.368. The number of hydrogen-bond donors (Lipinski definition) is 0. The summed E-state index contributed by atoms with van der Waals surface area (Å²) in [7, 11) is -3.42. The Kier molecular flexibility index (Phi) is 6.34. The van der Waals surface area contributed by atoms with Crippen LogP contribution in [0.1, 0.15) is 12.5 Å². The van der Waals surface area contributed by atoms with E-state index in [1.54, 1.807) is 28.6 Å². The Morgan fingerprint density at radius 2 is 1.58 bits per heavy atom. The van der Waals surface area contributed by atoms with Gasteiger partial charge in [0, 0.05) is 37.2 Å². The van der Waals surface area contributed by atoms with Crippen molar-refractivity contribution in [2.24, 2.45) is 0 Å². The van der Waals surface area contributed by atoms with Crippen molar-refractivity contribution in [2.75, 3.05) is 32.8 Å². The number of sulfonamides is 1. The first kappa shape index (κ1) is 19.4. The number of piperazine rings is 1. The minimum Gasteiger partial charge on any atom is -0.494 e. The van der Waals surface area contributed by atoms with Crippen molar-refractivity contribution in [3.63, 3.8) is 0 Å². The third kappa shape index (κ3) is 4.65.